The van der Waals surface area contributed by atoms with Crippen molar-refractivity contribution in [3.63, 3.8) is 0 Å². The molecule has 0 radical (unpaired) electrons. The maximum absolute atomic E-state index is 5.66. The first-order valence-electron chi connectivity index (χ1n) is 5.78. The number of hydrogen-bond acceptors (Lipinski definition) is 3. The number of thiocarbonyl (C=S) groups is 1. The van der Waals surface area contributed by atoms with E-state index in [1.165, 1.54) is 4.88 Å². The minimum Gasteiger partial charge on any atom is -0.389 e. The van der Waals surface area contributed by atoms with Gasteiger partial charge in [-0.1, -0.05) is 18.3 Å². The van der Waals surface area contributed by atoms with Crippen molar-refractivity contribution in [2.45, 2.75) is 19.9 Å². The number of anilines is 1. The van der Waals surface area contributed by atoms with Crippen LogP contribution in [0.3, 0.4) is 0 Å². The van der Waals surface area contributed by atoms with Crippen molar-refractivity contribution in [1.29, 1.82) is 0 Å². The molecule has 3 N–H and O–H groups in total. The molecule has 0 fully saturated rings. The number of hydrogen-bond donors (Lipinski definition) is 2. The van der Waals surface area contributed by atoms with Crippen LogP contribution in [-0.4, -0.2) is 4.99 Å². The fraction of sp³-hybridized carbons (Fsp3) is 0.214. The van der Waals surface area contributed by atoms with E-state index < -0.39 is 0 Å². The molecule has 2 rings (SSSR count). The highest BCUT2D eigenvalue weighted by Gasteiger charge is 2.07. The summed E-state index contributed by atoms with van der Waals surface area (Å²) in [6.07, 6.45) is 0. The highest BCUT2D eigenvalue weighted by atomic mass is 32.1. The van der Waals surface area contributed by atoms with E-state index >= 15 is 0 Å². The monoisotopic (exact) mass is 276 g/mol. The van der Waals surface area contributed by atoms with Crippen molar-refractivity contribution in [1.82, 2.24) is 0 Å². The summed E-state index contributed by atoms with van der Waals surface area (Å²) in [5.41, 5.74) is 8.79. The van der Waals surface area contributed by atoms with Gasteiger partial charge in [0.15, 0.2) is 0 Å². The second-order valence-corrected chi connectivity index (χ2v) is 5.69. The molecular formula is C14H16N2S2. The largest absolute Gasteiger partial charge is 0.389 e. The SMILES string of the molecule is Cc1cc(NC(C)c2cccs2)ccc1C(N)=S. The average Bonchev–Trinajstić information content (AvgIpc) is 2.81. The maximum Gasteiger partial charge on any atom is 0.104 e. The van der Waals surface area contributed by atoms with Gasteiger partial charge >= 0.3 is 0 Å². The van der Waals surface area contributed by atoms with Crippen LogP contribution in [0.15, 0.2) is 35.7 Å². The summed E-state index contributed by atoms with van der Waals surface area (Å²) in [5.74, 6) is 0. The Kier molecular flexibility index (Phi) is 3.99. The van der Waals surface area contributed by atoms with E-state index in [0.717, 1.165) is 16.8 Å². The predicted molar refractivity (Wildman–Crippen MR) is 83.4 cm³/mol. The fourth-order valence-electron chi connectivity index (χ4n) is 1.89. The molecule has 0 amide bonds. The smallest absolute Gasteiger partial charge is 0.104 e. The molecule has 1 atom stereocenters. The molecular weight excluding hydrogens is 260 g/mol. The Morgan fingerprint density at radius 2 is 2.17 bits per heavy atom. The van der Waals surface area contributed by atoms with Crippen molar-refractivity contribution in [3.8, 4) is 0 Å². The summed E-state index contributed by atoms with van der Waals surface area (Å²) in [6, 6.07) is 10.6. The number of rotatable bonds is 4. The third-order valence-electron chi connectivity index (χ3n) is 2.84. The van der Waals surface area contributed by atoms with Crippen LogP contribution >= 0.6 is 23.6 Å². The van der Waals surface area contributed by atoms with Crippen LogP contribution in [0.2, 0.25) is 0 Å². The fourth-order valence-corrected chi connectivity index (χ4v) is 2.85. The van der Waals surface area contributed by atoms with Crippen LogP contribution in [-0.2, 0) is 0 Å². The van der Waals surface area contributed by atoms with E-state index in [2.05, 4.69) is 35.8 Å². The second kappa shape index (κ2) is 5.50. The Labute approximate surface area is 117 Å². The molecule has 0 bridgehead atoms. The zero-order valence-electron chi connectivity index (χ0n) is 10.4. The van der Waals surface area contributed by atoms with Crippen LogP contribution in [0.4, 0.5) is 5.69 Å². The number of nitrogens with two attached hydrogens (primary N) is 1. The van der Waals surface area contributed by atoms with Gasteiger partial charge in [-0.2, -0.15) is 0 Å². The molecule has 18 heavy (non-hydrogen) atoms. The Morgan fingerprint density at radius 1 is 1.39 bits per heavy atom. The molecule has 4 heteroatoms. The zero-order valence-corrected chi connectivity index (χ0v) is 12.1. The quantitative estimate of drug-likeness (QED) is 0.833. The van der Waals surface area contributed by atoms with E-state index in [4.69, 9.17) is 18.0 Å². The molecule has 2 aromatic rings. The van der Waals surface area contributed by atoms with Crippen LogP contribution in [0.1, 0.15) is 29.0 Å². The molecule has 94 valence electrons. The van der Waals surface area contributed by atoms with Crippen LogP contribution in [0.5, 0.6) is 0 Å². The van der Waals surface area contributed by atoms with Gasteiger partial charge in [0.25, 0.3) is 0 Å². The minimum absolute atomic E-state index is 0.306. The normalized spacial score (nSPS) is 12.1. The van der Waals surface area contributed by atoms with Gasteiger partial charge in [0.1, 0.15) is 4.99 Å². The van der Waals surface area contributed by atoms with Crippen molar-refractivity contribution in [2.75, 3.05) is 5.32 Å². The van der Waals surface area contributed by atoms with Crippen molar-refractivity contribution in [2.24, 2.45) is 5.73 Å². The maximum atomic E-state index is 5.66. The van der Waals surface area contributed by atoms with E-state index in [-0.39, 0.29) is 0 Å². The third kappa shape index (κ3) is 2.89. The van der Waals surface area contributed by atoms with Crippen LogP contribution in [0.25, 0.3) is 0 Å². The molecule has 1 aromatic carbocycles. The number of aryl methyl sites for hydroxylation is 1. The summed E-state index contributed by atoms with van der Waals surface area (Å²) in [6.45, 7) is 4.18. The topological polar surface area (TPSA) is 38.0 Å². The lowest BCUT2D eigenvalue weighted by molar-refractivity contribution is 0.908. The van der Waals surface area contributed by atoms with Gasteiger partial charge in [0, 0.05) is 16.1 Å². The standard InChI is InChI=1S/C14H16N2S2/c1-9-8-11(5-6-12(9)14(15)17)16-10(2)13-4-3-7-18-13/h3-8,10,16H,1-2H3,(H2,15,17). The molecule has 2 nitrogen and oxygen atoms in total. The van der Waals surface area contributed by atoms with Gasteiger partial charge < -0.3 is 11.1 Å². The van der Waals surface area contributed by atoms with Gasteiger partial charge in [-0.05, 0) is 49.1 Å². The van der Waals surface area contributed by atoms with Crippen molar-refractivity contribution >= 4 is 34.2 Å². The Bertz CT molecular complexity index is 547. The summed E-state index contributed by atoms with van der Waals surface area (Å²) in [4.78, 5) is 1.77. The lowest BCUT2D eigenvalue weighted by Gasteiger charge is -2.15. The number of nitrogens with one attached hydrogen (secondary N) is 1. The van der Waals surface area contributed by atoms with Gasteiger partial charge in [0.05, 0.1) is 6.04 Å². The molecule has 1 unspecified atom stereocenters. The molecule has 0 aliphatic carbocycles. The van der Waals surface area contributed by atoms with Gasteiger partial charge in [-0.15, -0.1) is 11.3 Å². The molecule has 0 saturated heterocycles. The number of benzene rings is 1. The average molecular weight is 276 g/mol. The summed E-state index contributed by atoms with van der Waals surface area (Å²) in [5, 5.41) is 5.57. The second-order valence-electron chi connectivity index (χ2n) is 4.28. The van der Waals surface area contributed by atoms with E-state index in [0.29, 0.717) is 11.0 Å². The van der Waals surface area contributed by atoms with E-state index in [1.807, 2.05) is 19.1 Å². The first kappa shape index (κ1) is 13.1. The first-order valence-corrected chi connectivity index (χ1v) is 7.07. The van der Waals surface area contributed by atoms with Crippen LogP contribution in [0, 0.1) is 6.92 Å². The van der Waals surface area contributed by atoms with E-state index in [9.17, 15) is 0 Å². The van der Waals surface area contributed by atoms with Gasteiger partial charge in [-0.3, -0.25) is 0 Å². The lowest BCUT2D eigenvalue weighted by Crippen LogP contribution is -2.12. The highest BCUT2D eigenvalue weighted by molar-refractivity contribution is 7.80. The molecule has 0 saturated carbocycles. The first-order chi connectivity index (χ1) is 8.58. The Hall–Kier alpha value is -1.39. The molecule has 1 aromatic heterocycles. The third-order valence-corrected chi connectivity index (χ3v) is 4.12. The van der Waals surface area contributed by atoms with Gasteiger partial charge in [-0.25, -0.2) is 0 Å². The minimum atomic E-state index is 0.306. The lowest BCUT2D eigenvalue weighted by atomic mass is 10.1. The summed E-state index contributed by atoms with van der Waals surface area (Å²) < 4.78 is 0. The Morgan fingerprint density at radius 3 is 2.72 bits per heavy atom. The Balaban J connectivity index is 2.15. The predicted octanol–water partition coefficient (Wildman–Crippen LogP) is 3.86. The molecule has 1 heterocycles. The zero-order chi connectivity index (χ0) is 13.1. The molecule has 0 aliphatic rings. The number of thiophene rings is 1. The highest BCUT2D eigenvalue weighted by Crippen LogP contribution is 2.24. The van der Waals surface area contributed by atoms with Crippen molar-refractivity contribution < 1.29 is 0 Å². The van der Waals surface area contributed by atoms with Crippen LogP contribution < -0.4 is 11.1 Å². The molecule has 0 aliphatic heterocycles. The van der Waals surface area contributed by atoms with Crippen molar-refractivity contribution in [3.05, 3.63) is 51.7 Å². The van der Waals surface area contributed by atoms with E-state index in [1.54, 1.807) is 11.3 Å². The summed E-state index contributed by atoms with van der Waals surface area (Å²) >= 11 is 6.76. The summed E-state index contributed by atoms with van der Waals surface area (Å²) in [7, 11) is 0. The van der Waals surface area contributed by atoms with Gasteiger partial charge in [0.2, 0.25) is 0 Å². The molecule has 0 spiro atoms.